The van der Waals surface area contributed by atoms with Crippen LogP contribution in [0.1, 0.15) is 23.8 Å². The summed E-state index contributed by atoms with van der Waals surface area (Å²) in [5, 5.41) is 9.14. The summed E-state index contributed by atoms with van der Waals surface area (Å²) in [5.41, 5.74) is 1.15. The van der Waals surface area contributed by atoms with Gasteiger partial charge in [0.25, 0.3) is 0 Å². The molecule has 0 saturated carbocycles. The van der Waals surface area contributed by atoms with Crippen LogP contribution >= 0.6 is 11.3 Å². The largest absolute Gasteiger partial charge is 0.490 e. The second-order valence-electron chi connectivity index (χ2n) is 6.56. The lowest BCUT2D eigenvalue weighted by Crippen LogP contribution is -2.42. The van der Waals surface area contributed by atoms with E-state index < -0.39 is 12.1 Å². The van der Waals surface area contributed by atoms with Crippen molar-refractivity contribution < 1.29 is 32.6 Å². The molecule has 2 atom stereocenters. The molecule has 0 bridgehead atoms. The van der Waals surface area contributed by atoms with Crippen molar-refractivity contribution in [2.45, 2.75) is 44.5 Å². The molecule has 2 aromatic rings. The van der Waals surface area contributed by atoms with Gasteiger partial charge in [-0.05, 0) is 42.8 Å². The Hall–Kier alpha value is -2.46. The summed E-state index contributed by atoms with van der Waals surface area (Å²) >= 11 is 1.64. The molecule has 0 spiro atoms. The average molecular weight is 444 g/mol. The van der Waals surface area contributed by atoms with Crippen LogP contribution in [0.25, 0.3) is 0 Å². The fourth-order valence-corrected chi connectivity index (χ4v) is 3.91. The topological polar surface area (TPSA) is 79.7 Å². The number of aliphatic carboxylic acids is 1. The van der Waals surface area contributed by atoms with E-state index in [-0.39, 0.29) is 18.1 Å². The SMILES string of the molecule is CCO[C@@H]1CCN(C(=O)Cc2cccs2)[C@@H]1Cc1cccnc1.O=C(O)C(F)(F)F. The van der Waals surface area contributed by atoms with Crippen LogP contribution in [0.2, 0.25) is 0 Å². The normalized spacial score (nSPS) is 18.6. The Bertz CT molecular complexity index is 800. The summed E-state index contributed by atoms with van der Waals surface area (Å²) in [6, 6.07) is 8.13. The quantitative estimate of drug-likeness (QED) is 0.737. The van der Waals surface area contributed by atoms with Crippen LogP contribution in [0.4, 0.5) is 13.2 Å². The number of carbonyl (C=O) groups excluding carboxylic acids is 1. The molecule has 0 unspecified atom stereocenters. The van der Waals surface area contributed by atoms with E-state index in [1.807, 2.05) is 41.6 Å². The number of ether oxygens (including phenoxy) is 1. The number of aromatic nitrogens is 1. The lowest BCUT2D eigenvalue weighted by Gasteiger charge is -2.28. The number of carboxylic acids is 1. The molecular formula is C20H23F3N2O4S. The standard InChI is InChI=1S/C18H22N2O2S.C2HF3O2/c1-2-22-17-7-9-20(18(21)12-15-6-4-10-23-15)16(17)11-14-5-3-8-19-13-14;3-2(4,5)1(6)7/h3-6,8,10,13,16-17H,2,7,9,11-12H2,1H3;(H,6,7)/t16-,17-;/m1./s1. The van der Waals surface area contributed by atoms with Gasteiger partial charge in [-0.2, -0.15) is 13.2 Å². The Kier molecular flexibility index (Phi) is 8.79. The third-order valence-electron chi connectivity index (χ3n) is 4.50. The highest BCUT2D eigenvalue weighted by Gasteiger charge is 2.38. The number of alkyl halides is 3. The molecule has 6 nitrogen and oxygen atoms in total. The Morgan fingerprint density at radius 1 is 1.33 bits per heavy atom. The number of nitrogens with zero attached hydrogens (tertiary/aromatic N) is 2. The summed E-state index contributed by atoms with van der Waals surface area (Å²) in [6.45, 7) is 3.47. The molecule has 1 saturated heterocycles. The first-order chi connectivity index (χ1) is 14.2. The minimum Gasteiger partial charge on any atom is -0.475 e. The summed E-state index contributed by atoms with van der Waals surface area (Å²) in [6.07, 6.45) is 0.887. The third kappa shape index (κ3) is 7.10. The number of hydrogen-bond donors (Lipinski definition) is 1. The van der Waals surface area contributed by atoms with E-state index in [9.17, 15) is 18.0 Å². The highest BCUT2D eigenvalue weighted by molar-refractivity contribution is 7.10. The van der Waals surface area contributed by atoms with E-state index in [2.05, 4.69) is 11.1 Å². The maximum Gasteiger partial charge on any atom is 0.490 e. The molecule has 0 radical (unpaired) electrons. The molecule has 2 aromatic heterocycles. The number of likely N-dealkylation sites (tertiary alicyclic amines) is 1. The van der Waals surface area contributed by atoms with E-state index in [0.717, 1.165) is 29.8 Å². The molecule has 30 heavy (non-hydrogen) atoms. The number of halogens is 3. The fraction of sp³-hybridized carbons (Fsp3) is 0.450. The first kappa shape index (κ1) is 23.8. The molecule has 10 heteroatoms. The minimum atomic E-state index is -5.08. The van der Waals surface area contributed by atoms with Gasteiger partial charge in [0.15, 0.2) is 0 Å². The molecule has 0 aromatic carbocycles. The molecule has 1 aliphatic rings. The summed E-state index contributed by atoms with van der Waals surface area (Å²) in [5.74, 6) is -2.56. The number of thiophene rings is 1. The second kappa shape index (κ2) is 11.1. The first-order valence-electron chi connectivity index (χ1n) is 9.34. The zero-order chi connectivity index (χ0) is 22.1. The molecule has 164 valence electrons. The minimum absolute atomic E-state index is 0.103. The average Bonchev–Trinajstić information content (AvgIpc) is 3.33. The Labute approximate surface area is 176 Å². The van der Waals surface area contributed by atoms with Gasteiger partial charge in [0, 0.05) is 30.4 Å². The van der Waals surface area contributed by atoms with E-state index >= 15 is 0 Å². The summed E-state index contributed by atoms with van der Waals surface area (Å²) < 4.78 is 37.6. The van der Waals surface area contributed by atoms with E-state index in [0.29, 0.717) is 13.0 Å². The van der Waals surface area contributed by atoms with Crippen LogP contribution in [0, 0.1) is 0 Å². The molecule has 1 fully saturated rings. The molecule has 1 N–H and O–H groups in total. The van der Waals surface area contributed by atoms with E-state index in [4.69, 9.17) is 14.6 Å². The molecule has 0 aliphatic carbocycles. The van der Waals surface area contributed by atoms with Gasteiger partial charge in [-0.3, -0.25) is 9.78 Å². The van der Waals surface area contributed by atoms with Gasteiger partial charge in [0.05, 0.1) is 18.6 Å². The lowest BCUT2D eigenvalue weighted by molar-refractivity contribution is -0.192. The van der Waals surface area contributed by atoms with Crippen LogP contribution in [0.5, 0.6) is 0 Å². The molecule has 1 amide bonds. The first-order valence-corrected chi connectivity index (χ1v) is 10.2. The molecular weight excluding hydrogens is 421 g/mol. The zero-order valence-electron chi connectivity index (χ0n) is 16.3. The maximum atomic E-state index is 12.7. The summed E-state index contributed by atoms with van der Waals surface area (Å²) in [4.78, 5) is 28.9. The van der Waals surface area contributed by atoms with Crippen molar-refractivity contribution in [3.05, 3.63) is 52.5 Å². The van der Waals surface area contributed by atoms with Gasteiger partial charge >= 0.3 is 12.1 Å². The van der Waals surface area contributed by atoms with Crippen LogP contribution in [0.3, 0.4) is 0 Å². The second-order valence-corrected chi connectivity index (χ2v) is 7.59. The van der Waals surface area contributed by atoms with Crippen molar-refractivity contribution in [2.24, 2.45) is 0 Å². The molecule has 3 rings (SSSR count). The Balaban J connectivity index is 0.000000396. The van der Waals surface area contributed by atoms with Gasteiger partial charge in [-0.1, -0.05) is 12.1 Å². The monoisotopic (exact) mass is 444 g/mol. The number of rotatable bonds is 6. The lowest BCUT2D eigenvalue weighted by atomic mass is 10.0. The van der Waals surface area contributed by atoms with Crippen molar-refractivity contribution in [1.29, 1.82) is 0 Å². The van der Waals surface area contributed by atoms with Gasteiger partial charge in [0.1, 0.15) is 0 Å². The smallest absolute Gasteiger partial charge is 0.475 e. The van der Waals surface area contributed by atoms with Crippen molar-refractivity contribution in [2.75, 3.05) is 13.2 Å². The van der Waals surface area contributed by atoms with Crippen LogP contribution in [-0.2, 0) is 27.2 Å². The number of carbonyl (C=O) groups is 2. The highest BCUT2D eigenvalue weighted by atomic mass is 32.1. The van der Waals surface area contributed by atoms with Crippen LogP contribution in [0.15, 0.2) is 42.0 Å². The Morgan fingerprint density at radius 2 is 2.07 bits per heavy atom. The predicted molar refractivity (Wildman–Crippen MR) is 105 cm³/mol. The third-order valence-corrected chi connectivity index (χ3v) is 5.38. The fourth-order valence-electron chi connectivity index (χ4n) is 3.21. The predicted octanol–water partition coefficient (Wildman–Crippen LogP) is 3.57. The van der Waals surface area contributed by atoms with Crippen molar-refractivity contribution in [3.8, 4) is 0 Å². The molecule has 3 heterocycles. The number of hydrogen-bond acceptors (Lipinski definition) is 5. The van der Waals surface area contributed by atoms with Crippen LogP contribution < -0.4 is 0 Å². The van der Waals surface area contributed by atoms with Crippen molar-refractivity contribution in [1.82, 2.24) is 9.88 Å². The molecule has 1 aliphatic heterocycles. The van der Waals surface area contributed by atoms with Crippen molar-refractivity contribution >= 4 is 23.2 Å². The highest BCUT2D eigenvalue weighted by Crippen LogP contribution is 2.26. The van der Waals surface area contributed by atoms with Crippen molar-refractivity contribution in [3.63, 3.8) is 0 Å². The zero-order valence-corrected chi connectivity index (χ0v) is 17.2. The number of amides is 1. The van der Waals surface area contributed by atoms with Crippen LogP contribution in [-0.4, -0.2) is 58.3 Å². The number of carboxylic acid groups (broad SMARTS) is 1. The van der Waals surface area contributed by atoms with E-state index in [1.165, 1.54) is 0 Å². The van der Waals surface area contributed by atoms with Gasteiger partial charge < -0.3 is 14.7 Å². The van der Waals surface area contributed by atoms with Gasteiger partial charge in [0.2, 0.25) is 5.91 Å². The van der Waals surface area contributed by atoms with Gasteiger partial charge in [-0.15, -0.1) is 11.3 Å². The van der Waals surface area contributed by atoms with Gasteiger partial charge in [-0.25, -0.2) is 4.79 Å². The Morgan fingerprint density at radius 3 is 2.60 bits per heavy atom. The van der Waals surface area contributed by atoms with E-state index in [1.54, 1.807) is 17.5 Å². The summed E-state index contributed by atoms with van der Waals surface area (Å²) in [7, 11) is 0. The maximum absolute atomic E-state index is 12.7. The number of pyridine rings is 1.